The first-order chi connectivity index (χ1) is 17.5. The first-order valence-corrected chi connectivity index (χ1v) is 11.5. The zero-order valence-electron chi connectivity index (χ0n) is 19.5. The summed E-state index contributed by atoms with van der Waals surface area (Å²) in [7, 11) is 2.90. The molecule has 0 radical (unpaired) electrons. The summed E-state index contributed by atoms with van der Waals surface area (Å²) in [4.78, 5) is 13.2. The van der Waals surface area contributed by atoms with Crippen LogP contribution >= 0.6 is 0 Å². The molecule has 0 aromatic heterocycles. The Labute approximate surface area is 206 Å². The molecule has 3 aromatic carbocycles. The minimum absolute atomic E-state index is 0.0854. The standard InChI is InChI=1S/C27H23FO8/c1-31-21-7-13(8-22(32-2)25(21)29)23-16-9-19-20(35-12-34-19)10-17(16)26(18-11-33-27(30)24(18)23)36-15-5-3-14(28)4-6-15/h3-10,18,23-24,26,29H,11-12H2,1-2H3/t18-,23+,24-,26+/m0/s1. The van der Waals surface area contributed by atoms with Crippen LogP contribution < -0.4 is 23.7 Å². The highest BCUT2D eigenvalue weighted by atomic mass is 19.1. The number of fused-ring (bicyclic) bond motifs is 3. The maximum Gasteiger partial charge on any atom is 0.310 e. The first-order valence-electron chi connectivity index (χ1n) is 11.5. The number of phenolic OH excluding ortho intramolecular Hbond substituents is 1. The van der Waals surface area contributed by atoms with Crippen LogP contribution in [0.4, 0.5) is 4.39 Å². The van der Waals surface area contributed by atoms with Gasteiger partial charge in [-0.15, -0.1) is 0 Å². The molecule has 0 unspecified atom stereocenters. The highest BCUT2D eigenvalue weighted by molar-refractivity contribution is 5.79. The Morgan fingerprint density at radius 2 is 1.56 bits per heavy atom. The molecule has 3 aromatic rings. The van der Waals surface area contributed by atoms with Gasteiger partial charge < -0.3 is 33.5 Å². The van der Waals surface area contributed by atoms with E-state index in [4.69, 9.17) is 28.4 Å². The van der Waals surface area contributed by atoms with E-state index in [0.717, 1.165) is 11.1 Å². The third kappa shape index (κ3) is 3.45. The van der Waals surface area contributed by atoms with E-state index in [1.807, 2.05) is 12.1 Å². The monoisotopic (exact) mass is 494 g/mol. The van der Waals surface area contributed by atoms with E-state index in [2.05, 4.69) is 0 Å². The Morgan fingerprint density at radius 1 is 0.917 bits per heavy atom. The smallest absolute Gasteiger partial charge is 0.310 e. The molecule has 36 heavy (non-hydrogen) atoms. The normalized spacial score (nSPS) is 23.5. The van der Waals surface area contributed by atoms with Gasteiger partial charge in [-0.05, 0) is 59.7 Å². The summed E-state index contributed by atoms with van der Waals surface area (Å²) in [5.41, 5.74) is 2.30. The molecule has 0 spiro atoms. The summed E-state index contributed by atoms with van der Waals surface area (Å²) >= 11 is 0. The van der Waals surface area contributed by atoms with Crippen molar-refractivity contribution >= 4 is 5.97 Å². The molecule has 0 bridgehead atoms. The lowest BCUT2D eigenvalue weighted by Gasteiger charge is -2.39. The van der Waals surface area contributed by atoms with Gasteiger partial charge in [-0.25, -0.2) is 4.39 Å². The Balaban J connectivity index is 1.55. The van der Waals surface area contributed by atoms with E-state index in [1.54, 1.807) is 24.3 Å². The second kappa shape index (κ2) is 8.51. The number of methoxy groups -OCH3 is 2. The Hall–Kier alpha value is -4.14. The van der Waals surface area contributed by atoms with Crippen molar-refractivity contribution in [1.82, 2.24) is 0 Å². The molecule has 9 heteroatoms. The van der Waals surface area contributed by atoms with Gasteiger partial charge >= 0.3 is 5.97 Å². The van der Waals surface area contributed by atoms with Gasteiger partial charge in [-0.2, -0.15) is 0 Å². The van der Waals surface area contributed by atoms with Gasteiger partial charge in [0.05, 0.1) is 26.7 Å². The Morgan fingerprint density at radius 3 is 2.19 bits per heavy atom. The number of halogens is 1. The van der Waals surface area contributed by atoms with Gasteiger partial charge in [0, 0.05) is 17.4 Å². The highest BCUT2D eigenvalue weighted by Crippen LogP contribution is 2.56. The number of phenols is 1. The fraction of sp³-hybridized carbons (Fsp3) is 0.296. The third-order valence-corrected chi connectivity index (χ3v) is 7.06. The molecule has 186 valence electrons. The van der Waals surface area contributed by atoms with Crippen molar-refractivity contribution in [1.29, 1.82) is 0 Å². The van der Waals surface area contributed by atoms with Crippen molar-refractivity contribution < 1.29 is 42.7 Å². The number of carbonyl (C=O) groups is 1. The fourth-order valence-corrected chi connectivity index (χ4v) is 5.42. The van der Waals surface area contributed by atoms with Crippen LogP contribution in [0.5, 0.6) is 34.5 Å². The molecule has 1 saturated heterocycles. The predicted molar refractivity (Wildman–Crippen MR) is 123 cm³/mol. The summed E-state index contributed by atoms with van der Waals surface area (Å²) in [6.07, 6.45) is -0.562. The van der Waals surface area contributed by atoms with Crippen molar-refractivity contribution in [3.05, 3.63) is 71.0 Å². The van der Waals surface area contributed by atoms with E-state index in [0.29, 0.717) is 22.8 Å². The lowest BCUT2D eigenvalue weighted by atomic mass is 9.66. The number of carbonyl (C=O) groups excluding carboxylic acids is 1. The third-order valence-electron chi connectivity index (χ3n) is 7.06. The number of esters is 1. The Kier molecular flexibility index (Phi) is 5.28. The summed E-state index contributed by atoms with van der Waals surface area (Å²) in [5.74, 6) is -0.220. The van der Waals surface area contributed by atoms with Crippen LogP contribution in [-0.2, 0) is 9.53 Å². The van der Waals surface area contributed by atoms with Crippen molar-refractivity contribution in [2.45, 2.75) is 12.0 Å². The van der Waals surface area contributed by atoms with E-state index in [9.17, 15) is 14.3 Å². The van der Waals surface area contributed by atoms with Gasteiger partial charge in [-0.1, -0.05) is 0 Å². The summed E-state index contributed by atoms with van der Waals surface area (Å²) in [5, 5.41) is 10.5. The van der Waals surface area contributed by atoms with Crippen LogP contribution in [-0.4, -0.2) is 38.7 Å². The van der Waals surface area contributed by atoms with E-state index in [-0.39, 0.29) is 48.4 Å². The van der Waals surface area contributed by atoms with Crippen LogP contribution in [0.1, 0.15) is 28.7 Å². The number of hydrogen-bond acceptors (Lipinski definition) is 8. The molecule has 1 aliphatic carbocycles. The first kappa shape index (κ1) is 22.3. The number of benzene rings is 3. The topological polar surface area (TPSA) is 92.7 Å². The summed E-state index contributed by atoms with van der Waals surface area (Å²) < 4.78 is 47.5. The molecular formula is C27H23FO8. The zero-order valence-corrected chi connectivity index (χ0v) is 19.5. The lowest BCUT2D eigenvalue weighted by Crippen LogP contribution is -2.37. The van der Waals surface area contributed by atoms with Crippen molar-refractivity contribution in [2.24, 2.45) is 11.8 Å². The Bertz CT molecular complexity index is 1310. The van der Waals surface area contributed by atoms with Crippen LogP contribution in [0.25, 0.3) is 0 Å². The van der Waals surface area contributed by atoms with Gasteiger partial charge in [0.15, 0.2) is 23.0 Å². The van der Waals surface area contributed by atoms with Crippen LogP contribution in [0.2, 0.25) is 0 Å². The van der Waals surface area contributed by atoms with Crippen molar-refractivity contribution in [3.8, 4) is 34.5 Å². The van der Waals surface area contributed by atoms with E-state index >= 15 is 0 Å². The maximum atomic E-state index is 13.5. The van der Waals surface area contributed by atoms with Gasteiger partial charge in [0.1, 0.15) is 17.7 Å². The SMILES string of the molecule is COc1cc([C@@H]2c3cc4c(cc3[C@@H](Oc3ccc(F)cc3)[C@H]3COC(=O)[C@H]23)OCO4)cc(OC)c1O. The molecule has 1 fully saturated rings. The molecule has 3 aliphatic rings. The quantitative estimate of drug-likeness (QED) is 0.524. The number of ether oxygens (including phenoxy) is 6. The second-order valence-corrected chi connectivity index (χ2v) is 8.90. The molecular weight excluding hydrogens is 471 g/mol. The zero-order chi connectivity index (χ0) is 25.0. The summed E-state index contributed by atoms with van der Waals surface area (Å²) in [6, 6.07) is 12.9. The van der Waals surface area contributed by atoms with Crippen LogP contribution in [0, 0.1) is 17.7 Å². The minimum atomic E-state index is -0.595. The second-order valence-electron chi connectivity index (χ2n) is 8.90. The molecule has 2 aliphatic heterocycles. The maximum absolute atomic E-state index is 13.5. The fourth-order valence-electron chi connectivity index (χ4n) is 5.42. The van der Waals surface area contributed by atoms with Crippen LogP contribution in [0.15, 0.2) is 48.5 Å². The molecule has 4 atom stereocenters. The largest absolute Gasteiger partial charge is 0.502 e. The van der Waals surface area contributed by atoms with Gasteiger partial charge in [-0.3, -0.25) is 4.79 Å². The van der Waals surface area contributed by atoms with Crippen molar-refractivity contribution in [2.75, 3.05) is 27.6 Å². The molecule has 0 saturated carbocycles. The molecule has 8 nitrogen and oxygen atoms in total. The highest BCUT2D eigenvalue weighted by Gasteiger charge is 2.53. The van der Waals surface area contributed by atoms with Gasteiger partial charge in [0.2, 0.25) is 12.5 Å². The van der Waals surface area contributed by atoms with E-state index in [1.165, 1.54) is 26.4 Å². The number of aromatic hydroxyl groups is 1. The summed E-state index contributed by atoms with van der Waals surface area (Å²) in [6.45, 7) is 0.244. The average Bonchev–Trinajstić information content (AvgIpc) is 3.51. The van der Waals surface area contributed by atoms with E-state index < -0.39 is 17.9 Å². The predicted octanol–water partition coefficient (Wildman–Crippen LogP) is 4.33. The molecule has 0 amide bonds. The lowest BCUT2D eigenvalue weighted by molar-refractivity contribution is -0.141. The molecule has 2 heterocycles. The molecule has 6 rings (SSSR count). The molecule has 1 N–H and O–H groups in total. The van der Waals surface area contributed by atoms with Crippen molar-refractivity contribution in [3.63, 3.8) is 0 Å². The number of hydrogen-bond donors (Lipinski definition) is 1. The minimum Gasteiger partial charge on any atom is -0.502 e. The van der Waals surface area contributed by atoms with Gasteiger partial charge in [0.25, 0.3) is 0 Å². The van der Waals surface area contributed by atoms with Crippen LogP contribution in [0.3, 0.4) is 0 Å². The number of rotatable bonds is 5. The average molecular weight is 494 g/mol. The number of cyclic esters (lactones) is 1.